The fourth-order valence-corrected chi connectivity index (χ4v) is 5.09. The molecule has 1 unspecified atom stereocenters. The van der Waals surface area contributed by atoms with Gasteiger partial charge in [0.15, 0.2) is 23.9 Å². The highest BCUT2D eigenvalue weighted by Gasteiger charge is 2.39. The van der Waals surface area contributed by atoms with Crippen molar-refractivity contribution >= 4 is 46.7 Å². The maximum absolute atomic E-state index is 13.2. The summed E-state index contributed by atoms with van der Waals surface area (Å²) in [6.45, 7) is -3.57. The Hall–Kier alpha value is -4.16. The summed E-state index contributed by atoms with van der Waals surface area (Å²) in [4.78, 5) is 39.6. The van der Waals surface area contributed by atoms with Gasteiger partial charge in [-0.05, 0) is 48.6 Å². The maximum Gasteiger partial charge on any atom is 0.387 e. The normalized spacial score (nSPS) is 15.1. The van der Waals surface area contributed by atoms with Gasteiger partial charge in [-0.15, -0.1) is 0 Å². The summed E-state index contributed by atoms with van der Waals surface area (Å²) in [5.74, 6) is -2.36. The molecule has 10 nitrogen and oxygen atoms in total. The number of anilines is 1. The van der Waals surface area contributed by atoms with Crippen LogP contribution in [0.25, 0.3) is 0 Å². The van der Waals surface area contributed by atoms with Crippen molar-refractivity contribution in [3.8, 4) is 11.5 Å². The molecule has 0 saturated heterocycles. The summed E-state index contributed by atoms with van der Waals surface area (Å²) in [5, 5.41) is 11.7. The first-order chi connectivity index (χ1) is 20.0. The molecular weight excluding hydrogens is 599 g/mol. The summed E-state index contributed by atoms with van der Waals surface area (Å²) < 4.78 is 42.6. The van der Waals surface area contributed by atoms with Crippen molar-refractivity contribution in [2.75, 3.05) is 18.9 Å². The van der Waals surface area contributed by atoms with Crippen molar-refractivity contribution in [2.24, 2.45) is 5.92 Å². The molecule has 5 rings (SSSR count). The molecule has 3 aromatic rings. The van der Waals surface area contributed by atoms with Gasteiger partial charge >= 0.3 is 12.6 Å². The predicted octanol–water partition coefficient (Wildman–Crippen LogP) is 4.72. The number of nitrogens with zero attached hydrogens (tertiary/aromatic N) is 2. The molecule has 1 saturated carbocycles. The van der Waals surface area contributed by atoms with Crippen LogP contribution in [-0.2, 0) is 16.0 Å². The number of alkyl halides is 2. The van der Waals surface area contributed by atoms with E-state index in [1.807, 2.05) is 0 Å². The summed E-state index contributed by atoms with van der Waals surface area (Å²) in [6.07, 6.45) is 2.69. The fraction of sp³-hybridized carbons (Fsp3) is 0.286. The Labute approximate surface area is 248 Å². The Morgan fingerprint density at radius 2 is 1.81 bits per heavy atom. The van der Waals surface area contributed by atoms with Crippen LogP contribution in [0.5, 0.6) is 11.5 Å². The number of esters is 1. The molecule has 1 aliphatic heterocycles. The number of carbonyl (C=O) groups is 3. The quantitative estimate of drug-likeness (QED) is 0.107. The summed E-state index contributed by atoms with van der Waals surface area (Å²) in [5.41, 5.74) is 6.55. The Morgan fingerprint density at radius 1 is 1.10 bits per heavy atom. The average Bonchev–Trinajstić information content (AvgIpc) is 3.72. The van der Waals surface area contributed by atoms with Gasteiger partial charge < -0.3 is 25.2 Å². The van der Waals surface area contributed by atoms with E-state index in [9.17, 15) is 28.4 Å². The Kier molecular flexibility index (Phi) is 8.37. The van der Waals surface area contributed by atoms with Gasteiger partial charge in [0.05, 0.1) is 17.7 Å². The first-order valence-corrected chi connectivity index (χ1v) is 13.5. The second kappa shape index (κ2) is 12.0. The van der Waals surface area contributed by atoms with Crippen LogP contribution in [0, 0.1) is 11.1 Å². The highest BCUT2D eigenvalue weighted by molar-refractivity contribution is 6.35. The van der Waals surface area contributed by atoms with Crippen LogP contribution < -0.4 is 19.9 Å². The van der Waals surface area contributed by atoms with E-state index < -0.39 is 37.0 Å². The van der Waals surface area contributed by atoms with Crippen LogP contribution >= 0.6 is 23.2 Å². The second-order valence-corrected chi connectivity index (χ2v) is 10.6. The third-order valence-corrected chi connectivity index (χ3v) is 7.42. The summed E-state index contributed by atoms with van der Waals surface area (Å²) in [7, 11) is 0. The highest BCUT2D eigenvalue weighted by Crippen LogP contribution is 2.38. The van der Waals surface area contributed by atoms with E-state index >= 15 is 0 Å². The van der Waals surface area contributed by atoms with E-state index in [4.69, 9.17) is 38.4 Å². The number of aromatic nitrogens is 1. The number of benzene rings is 2. The van der Waals surface area contributed by atoms with E-state index in [0.717, 1.165) is 25.2 Å². The maximum atomic E-state index is 13.2. The number of nitrogen functional groups attached to an aromatic ring is 1. The Bertz CT molecular complexity index is 1550. The van der Waals surface area contributed by atoms with E-state index in [1.54, 1.807) is 0 Å². The van der Waals surface area contributed by atoms with E-state index in [0.29, 0.717) is 9.63 Å². The Balaban J connectivity index is 1.44. The van der Waals surface area contributed by atoms with Crippen molar-refractivity contribution in [1.82, 2.24) is 4.90 Å². The van der Waals surface area contributed by atoms with Crippen molar-refractivity contribution in [3.63, 3.8) is 0 Å². The molecule has 2 N–H and O–H groups in total. The van der Waals surface area contributed by atoms with Gasteiger partial charge in [-0.2, -0.15) is 13.5 Å². The summed E-state index contributed by atoms with van der Waals surface area (Å²) in [6, 6.07) is 8.43. The van der Waals surface area contributed by atoms with E-state index in [-0.39, 0.29) is 68.4 Å². The standard InChI is InChI=1S/C28H23Cl2F2N3O7/c29-18-10-34(39)11-19(30)17(18)9-22(15-6-7-21(42-28(31)32)23(8-15)40-13-14-4-5-14)41-24(36)12-35-26(37)16-2-1-3-20(33)25(16)27(35)38/h1-3,6-8,10-11,14,22,28H,4-5,9,12-13,33H2. The zero-order valence-electron chi connectivity index (χ0n) is 21.7. The van der Waals surface area contributed by atoms with Crippen LogP contribution in [0.1, 0.15) is 50.8 Å². The fourth-order valence-electron chi connectivity index (χ4n) is 4.49. The highest BCUT2D eigenvalue weighted by atomic mass is 35.5. The van der Waals surface area contributed by atoms with Gasteiger partial charge in [0, 0.05) is 17.7 Å². The number of carbonyl (C=O) groups excluding carboxylic acids is 3. The van der Waals surface area contributed by atoms with Crippen LogP contribution in [0.3, 0.4) is 0 Å². The molecule has 220 valence electrons. The first-order valence-electron chi connectivity index (χ1n) is 12.7. The minimum atomic E-state index is -3.11. The molecule has 0 radical (unpaired) electrons. The van der Waals surface area contributed by atoms with Gasteiger partial charge in [-0.25, -0.2) is 0 Å². The third kappa shape index (κ3) is 6.34. The minimum Gasteiger partial charge on any atom is -0.619 e. The number of hydrogen-bond donors (Lipinski definition) is 1. The minimum absolute atomic E-state index is 0.000715. The number of amides is 2. The molecule has 0 spiro atoms. The molecule has 1 atom stereocenters. The molecular formula is C28H23Cl2F2N3O7. The number of ether oxygens (including phenoxy) is 3. The van der Waals surface area contributed by atoms with Crippen LogP contribution in [-0.4, -0.2) is 42.4 Å². The largest absolute Gasteiger partial charge is 0.619 e. The van der Waals surface area contributed by atoms with Crippen LogP contribution in [0.15, 0.2) is 48.8 Å². The van der Waals surface area contributed by atoms with Crippen molar-refractivity contribution in [2.45, 2.75) is 32.0 Å². The Morgan fingerprint density at radius 3 is 2.45 bits per heavy atom. The molecule has 0 bridgehead atoms. The number of fused-ring (bicyclic) bond motifs is 1. The lowest BCUT2D eigenvalue weighted by molar-refractivity contribution is -0.605. The topological polar surface area (TPSA) is 135 Å². The SMILES string of the molecule is Nc1cccc2c1C(=O)N(CC(=O)OC(Cc1c(Cl)c[n+]([O-])cc1Cl)c1ccc(OC(F)F)c(OCC3CC3)c1)C2=O. The molecule has 14 heteroatoms. The second-order valence-electron chi connectivity index (χ2n) is 9.78. The molecule has 1 aromatic heterocycles. The van der Waals surface area contributed by atoms with Gasteiger partial charge in [0.2, 0.25) is 0 Å². The first kappa shape index (κ1) is 29.3. The number of hydrogen-bond acceptors (Lipinski definition) is 8. The number of pyridine rings is 1. The molecule has 2 aliphatic rings. The lowest BCUT2D eigenvalue weighted by Gasteiger charge is -2.22. The van der Waals surface area contributed by atoms with Crippen molar-refractivity contribution < 1.29 is 42.1 Å². The molecule has 42 heavy (non-hydrogen) atoms. The van der Waals surface area contributed by atoms with Crippen LogP contribution in [0.2, 0.25) is 10.0 Å². The number of halogens is 4. The average molecular weight is 622 g/mol. The van der Waals surface area contributed by atoms with Crippen molar-refractivity contribution in [3.05, 3.63) is 86.3 Å². The van der Waals surface area contributed by atoms with Gasteiger partial charge in [0.1, 0.15) is 22.7 Å². The number of rotatable bonds is 11. The third-order valence-electron chi connectivity index (χ3n) is 6.77. The zero-order chi connectivity index (χ0) is 30.1. The lowest BCUT2D eigenvalue weighted by atomic mass is 10.0. The molecule has 2 heterocycles. The van der Waals surface area contributed by atoms with Gasteiger partial charge in [-0.1, -0.05) is 35.3 Å². The van der Waals surface area contributed by atoms with Crippen molar-refractivity contribution in [1.29, 1.82) is 0 Å². The van der Waals surface area contributed by atoms with Crippen LogP contribution in [0.4, 0.5) is 14.5 Å². The molecule has 1 aliphatic carbocycles. The zero-order valence-corrected chi connectivity index (χ0v) is 23.2. The van der Waals surface area contributed by atoms with Gasteiger partial charge in [0.25, 0.3) is 11.8 Å². The smallest absolute Gasteiger partial charge is 0.387 e. The molecule has 1 fully saturated rings. The molecule has 2 aromatic carbocycles. The lowest BCUT2D eigenvalue weighted by Crippen LogP contribution is -2.36. The van der Waals surface area contributed by atoms with E-state index in [1.165, 1.54) is 36.4 Å². The molecule has 2 amide bonds. The number of imide groups is 1. The monoisotopic (exact) mass is 621 g/mol. The predicted molar refractivity (Wildman–Crippen MR) is 145 cm³/mol. The number of nitrogens with two attached hydrogens (primary N) is 1. The van der Waals surface area contributed by atoms with E-state index in [2.05, 4.69) is 4.74 Å². The summed E-state index contributed by atoms with van der Waals surface area (Å²) >= 11 is 12.5. The van der Waals surface area contributed by atoms with Gasteiger partial charge in [-0.3, -0.25) is 19.3 Å².